The van der Waals surface area contributed by atoms with Crippen LogP contribution in [0, 0.1) is 11.3 Å². The van der Waals surface area contributed by atoms with Crippen LogP contribution in [0.4, 0.5) is 8.78 Å². The summed E-state index contributed by atoms with van der Waals surface area (Å²) in [6.07, 6.45) is 0. The Hall–Kier alpha value is -1.63. The molecule has 0 saturated heterocycles. The standard InChI is InChI=1S/C11H11F2NO/c1-7(2)10-4-3-9(15-11(12)13)5-8(10)6-14/h3-5,7,11H,1-2H3. The van der Waals surface area contributed by atoms with Crippen LogP contribution in [-0.2, 0) is 0 Å². The van der Waals surface area contributed by atoms with Crippen LogP contribution in [0.5, 0.6) is 5.75 Å². The number of ether oxygens (including phenoxy) is 1. The van der Waals surface area contributed by atoms with Crippen LogP contribution >= 0.6 is 0 Å². The third kappa shape index (κ3) is 2.91. The van der Waals surface area contributed by atoms with E-state index >= 15 is 0 Å². The van der Waals surface area contributed by atoms with Gasteiger partial charge in [-0.3, -0.25) is 0 Å². The maximum atomic E-state index is 11.9. The third-order valence-electron chi connectivity index (χ3n) is 1.99. The van der Waals surface area contributed by atoms with Crippen LogP contribution in [0.2, 0.25) is 0 Å². The summed E-state index contributed by atoms with van der Waals surface area (Å²) in [6, 6.07) is 6.39. The van der Waals surface area contributed by atoms with Gasteiger partial charge in [0.05, 0.1) is 11.6 Å². The van der Waals surface area contributed by atoms with Crippen LogP contribution < -0.4 is 4.74 Å². The molecule has 0 spiro atoms. The SMILES string of the molecule is CC(C)c1ccc(OC(F)F)cc1C#N. The lowest BCUT2D eigenvalue weighted by atomic mass is 9.98. The second kappa shape index (κ2) is 4.74. The molecule has 0 radical (unpaired) electrons. The van der Waals surface area contributed by atoms with Crippen LogP contribution in [0.1, 0.15) is 30.9 Å². The molecule has 0 aliphatic heterocycles. The number of benzene rings is 1. The van der Waals surface area contributed by atoms with Crippen molar-refractivity contribution in [2.45, 2.75) is 26.4 Å². The molecular weight excluding hydrogens is 200 g/mol. The fraction of sp³-hybridized carbons (Fsp3) is 0.364. The summed E-state index contributed by atoms with van der Waals surface area (Å²) in [6.45, 7) is 1.01. The van der Waals surface area contributed by atoms with E-state index in [0.29, 0.717) is 5.56 Å². The smallest absolute Gasteiger partial charge is 0.387 e. The van der Waals surface area contributed by atoms with Gasteiger partial charge >= 0.3 is 6.61 Å². The summed E-state index contributed by atoms with van der Waals surface area (Å²) >= 11 is 0. The van der Waals surface area contributed by atoms with Gasteiger partial charge in [0.15, 0.2) is 0 Å². The first kappa shape index (κ1) is 11.4. The van der Waals surface area contributed by atoms with Crippen molar-refractivity contribution >= 4 is 0 Å². The van der Waals surface area contributed by atoms with E-state index in [0.717, 1.165) is 5.56 Å². The molecule has 0 aliphatic rings. The van der Waals surface area contributed by atoms with Gasteiger partial charge in [0.1, 0.15) is 5.75 Å². The minimum Gasteiger partial charge on any atom is -0.435 e. The van der Waals surface area contributed by atoms with E-state index in [1.54, 1.807) is 6.07 Å². The molecule has 0 saturated carbocycles. The predicted octanol–water partition coefficient (Wildman–Crippen LogP) is 3.28. The summed E-state index contributed by atoms with van der Waals surface area (Å²) in [7, 11) is 0. The van der Waals surface area contributed by atoms with Gasteiger partial charge < -0.3 is 4.74 Å². The maximum Gasteiger partial charge on any atom is 0.387 e. The molecule has 0 aliphatic carbocycles. The van der Waals surface area contributed by atoms with E-state index in [9.17, 15) is 8.78 Å². The Morgan fingerprint density at radius 2 is 2.00 bits per heavy atom. The number of hydrogen-bond donors (Lipinski definition) is 0. The highest BCUT2D eigenvalue weighted by Crippen LogP contribution is 2.24. The van der Waals surface area contributed by atoms with Crippen LogP contribution in [-0.4, -0.2) is 6.61 Å². The van der Waals surface area contributed by atoms with E-state index in [1.807, 2.05) is 19.9 Å². The molecule has 0 unspecified atom stereocenters. The molecule has 0 fully saturated rings. The predicted molar refractivity (Wildman–Crippen MR) is 51.9 cm³/mol. The second-order valence-corrected chi connectivity index (χ2v) is 3.39. The quantitative estimate of drug-likeness (QED) is 0.768. The van der Waals surface area contributed by atoms with Crippen LogP contribution in [0.15, 0.2) is 18.2 Å². The molecule has 4 heteroatoms. The average Bonchev–Trinajstić information content (AvgIpc) is 2.16. The van der Waals surface area contributed by atoms with Gasteiger partial charge in [0, 0.05) is 0 Å². The summed E-state index contributed by atoms with van der Waals surface area (Å²) in [5.41, 5.74) is 1.21. The third-order valence-corrected chi connectivity index (χ3v) is 1.99. The highest BCUT2D eigenvalue weighted by Gasteiger charge is 2.10. The number of nitrogens with zero attached hydrogens (tertiary/aromatic N) is 1. The van der Waals surface area contributed by atoms with E-state index in [1.165, 1.54) is 12.1 Å². The number of nitriles is 1. The summed E-state index contributed by atoms with van der Waals surface area (Å²) in [4.78, 5) is 0. The highest BCUT2D eigenvalue weighted by molar-refractivity contribution is 5.44. The van der Waals surface area contributed by atoms with Gasteiger partial charge in [0.25, 0.3) is 0 Å². The number of halogens is 2. The lowest BCUT2D eigenvalue weighted by molar-refractivity contribution is -0.0498. The van der Waals surface area contributed by atoms with Crippen LogP contribution in [0.25, 0.3) is 0 Å². The Bertz CT molecular complexity index is 383. The molecule has 1 aromatic rings. The number of hydrogen-bond acceptors (Lipinski definition) is 2. The van der Waals surface area contributed by atoms with E-state index < -0.39 is 6.61 Å². The van der Waals surface area contributed by atoms with Crippen molar-refractivity contribution in [2.75, 3.05) is 0 Å². The van der Waals surface area contributed by atoms with Crippen molar-refractivity contribution in [3.63, 3.8) is 0 Å². The van der Waals surface area contributed by atoms with E-state index in [-0.39, 0.29) is 11.7 Å². The number of rotatable bonds is 3. The van der Waals surface area contributed by atoms with E-state index in [2.05, 4.69) is 4.74 Å². The molecule has 2 nitrogen and oxygen atoms in total. The Labute approximate surface area is 87.1 Å². The van der Waals surface area contributed by atoms with Gasteiger partial charge in [-0.15, -0.1) is 0 Å². The molecule has 0 heterocycles. The topological polar surface area (TPSA) is 33.0 Å². The zero-order valence-electron chi connectivity index (χ0n) is 8.50. The van der Waals surface area contributed by atoms with Crippen molar-refractivity contribution < 1.29 is 13.5 Å². The molecule has 15 heavy (non-hydrogen) atoms. The minimum atomic E-state index is -2.86. The summed E-state index contributed by atoms with van der Waals surface area (Å²) < 4.78 is 28.0. The largest absolute Gasteiger partial charge is 0.435 e. The molecular formula is C11H11F2NO. The Morgan fingerprint density at radius 3 is 2.47 bits per heavy atom. The summed E-state index contributed by atoms with van der Waals surface area (Å²) in [5, 5.41) is 8.83. The maximum absolute atomic E-state index is 11.9. The number of alkyl halides is 2. The molecule has 0 bridgehead atoms. The van der Waals surface area contributed by atoms with Crippen molar-refractivity contribution in [1.82, 2.24) is 0 Å². The van der Waals surface area contributed by atoms with Crippen molar-refractivity contribution in [3.8, 4) is 11.8 Å². The molecule has 1 aromatic carbocycles. The van der Waals surface area contributed by atoms with Crippen molar-refractivity contribution in [3.05, 3.63) is 29.3 Å². The van der Waals surface area contributed by atoms with Gasteiger partial charge in [-0.1, -0.05) is 19.9 Å². The van der Waals surface area contributed by atoms with Crippen molar-refractivity contribution in [2.24, 2.45) is 0 Å². The molecule has 0 atom stereocenters. The van der Waals surface area contributed by atoms with Gasteiger partial charge in [-0.25, -0.2) is 0 Å². The van der Waals surface area contributed by atoms with Crippen LogP contribution in [0.3, 0.4) is 0 Å². The molecule has 1 rings (SSSR count). The second-order valence-electron chi connectivity index (χ2n) is 3.39. The fourth-order valence-electron chi connectivity index (χ4n) is 1.31. The molecule has 80 valence electrons. The Kier molecular flexibility index (Phi) is 3.62. The van der Waals surface area contributed by atoms with Gasteiger partial charge in [-0.2, -0.15) is 14.0 Å². The Balaban J connectivity index is 3.04. The zero-order chi connectivity index (χ0) is 11.4. The average molecular weight is 211 g/mol. The first-order valence-electron chi connectivity index (χ1n) is 4.53. The van der Waals surface area contributed by atoms with Gasteiger partial charge in [0.2, 0.25) is 0 Å². The summed E-state index contributed by atoms with van der Waals surface area (Å²) in [5.74, 6) is 0.200. The highest BCUT2D eigenvalue weighted by atomic mass is 19.3. The zero-order valence-corrected chi connectivity index (χ0v) is 8.50. The molecule has 0 aromatic heterocycles. The van der Waals surface area contributed by atoms with Gasteiger partial charge in [-0.05, 0) is 23.6 Å². The monoisotopic (exact) mass is 211 g/mol. The molecule has 0 N–H and O–H groups in total. The molecule has 0 amide bonds. The first-order valence-corrected chi connectivity index (χ1v) is 4.53. The lowest BCUT2D eigenvalue weighted by Gasteiger charge is -2.10. The first-order chi connectivity index (χ1) is 7.04. The Morgan fingerprint density at radius 1 is 1.33 bits per heavy atom. The van der Waals surface area contributed by atoms with Crippen molar-refractivity contribution in [1.29, 1.82) is 5.26 Å². The van der Waals surface area contributed by atoms with E-state index in [4.69, 9.17) is 5.26 Å². The normalized spacial score (nSPS) is 10.5. The minimum absolute atomic E-state index is 0.0194. The fourth-order valence-corrected chi connectivity index (χ4v) is 1.31. The lowest BCUT2D eigenvalue weighted by Crippen LogP contribution is -2.03.